The lowest BCUT2D eigenvalue weighted by Crippen LogP contribution is -2.30. The number of rotatable bonds is 3. The van der Waals surface area contributed by atoms with Crippen LogP contribution in [-0.2, 0) is 0 Å². The molecular weight excluding hydrogens is 210 g/mol. The van der Waals surface area contributed by atoms with Crippen molar-refractivity contribution in [1.82, 2.24) is 9.88 Å². The predicted molar refractivity (Wildman–Crippen MR) is 71.5 cm³/mol. The van der Waals surface area contributed by atoms with Gasteiger partial charge in [-0.25, -0.2) is 0 Å². The highest BCUT2D eigenvalue weighted by Crippen LogP contribution is 2.14. The van der Waals surface area contributed by atoms with E-state index in [1.54, 1.807) is 6.20 Å². The lowest BCUT2D eigenvalue weighted by molar-refractivity contribution is 0.463. The Labute approximate surface area is 102 Å². The number of amidine groups is 1. The standard InChI is InChI=1S/C14H17N3/c1-3-17(4-2)14(15)12-7-8-13-11(10-12)6-5-9-16-13/h5-10,15H,3-4H2,1-2H3. The molecule has 2 rings (SSSR count). The molecule has 1 heterocycles. The average Bonchev–Trinajstić information content (AvgIpc) is 2.39. The Morgan fingerprint density at radius 2 is 2.00 bits per heavy atom. The molecule has 1 aromatic carbocycles. The van der Waals surface area contributed by atoms with Crippen LogP contribution in [0.5, 0.6) is 0 Å². The molecule has 2 aromatic rings. The largest absolute Gasteiger partial charge is 0.357 e. The first-order valence-electron chi connectivity index (χ1n) is 5.95. The van der Waals surface area contributed by atoms with Gasteiger partial charge in [-0.15, -0.1) is 0 Å². The van der Waals surface area contributed by atoms with Gasteiger partial charge in [0.2, 0.25) is 0 Å². The molecule has 0 aliphatic heterocycles. The number of aromatic nitrogens is 1. The van der Waals surface area contributed by atoms with Gasteiger partial charge in [-0.05, 0) is 38.1 Å². The molecule has 0 saturated heterocycles. The second-order valence-corrected chi connectivity index (χ2v) is 3.93. The minimum Gasteiger partial charge on any atom is -0.357 e. The summed E-state index contributed by atoms with van der Waals surface area (Å²) in [4.78, 5) is 6.32. The molecule has 0 atom stereocenters. The smallest absolute Gasteiger partial charge is 0.128 e. The van der Waals surface area contributed by atoms with Crippen LogP contribution in [0.2, 0.25) is 0 Å². The Balaban J connectivity index is 2.39. The van der Waals surface area contributed by atoms with Crippen molar-refractivity contribution in [3.63, 3.8) is 0 Å². The fourth-order valence-electron chi connectivity index (χ4n) is 1.95. The van der Waals surface area contributed by atoms with Crippen LogP contribution in [0.25, 0.3) is 10.9 Å². The molecule has 1 N–H and O–H groups in total. The zero-order chi connectivity index (χ0) is 12.3. The highest BCUT2D eigenvalue weighted by molar-refractivity contribution is 5.99. The third-order valence-corrected chi connectivity index (χ3v) is 2.96. The normalized spacial score (nSPS) is 10.5. The molecule has 3 heteroatoms. The summed E-state index contributed by atoms with van der Waals surface area (Å²) in [6, 6.07) is 9.93. The van der Waals surface area contributed by atoms with Gasteiger partial charge in [0.15, 0.2) is 0 Å². The van der Waals surface area contributed by atoms with Gasteiger partial charge in [0, 0.05) is 30.2 Å². The second-order valence-electron chi connectivity index (χ2n) is 3.93. The summed E-state index contributed by atoms with van der Waals surface area (Å²) < 4.78 is 0. The zero-order valence-corrected chi connectivity index (χ0v) is 10.3. The lowest BCUT2D eigenvalue weighted by Gasteiger charge is -2.21. The number of fused-ring (bicyclic) bond motifs is 1. The van der Waals surface area contributed by atoms with Crippen LogP contribution in [0.3, 0.4) is 0 Å². The molecule has 0 saturated carbocycles. The summed E-state index contributed by atoms with van der Waals surface area (Å²) in [6.45, 7) is 5.86. The topological polar surface area (TPSA) is 40.0 Å². The van der Waals surface area contributed by atoms with Gasteiger partial charge in [-0.1, -0.05) is 6.07 Å². The number of benzene rings is 1. The van der Waals surface area contributed by atoms with Crippen molar-refractivity contribution in [2.75, 3.05) is 13.1 Å². The third kappa shape index (κ3) is 2.28. The summed E-state index contributed by atoms with van der Waals surface area (Å²) >= 11 is 0. The van der Waals surface area contributed by atoms with Crippen molar-refractivity contribution < 1.29 is 0 Å². The van der Waals surface area contributed by atoms with Gasteiger partial charge >= 0.3 is 0 Å². The van der Waals surface area contributed by atoms with Crippen LogP contribution in [-0.4, -0.2) is 28.8 Å². The Kier molecular flexibility index (Phi) is 3.38. The maximum Gasteiger partial charge on any atom is 0.128 e. The molecule has 0 unspecified atom stereocenters. The van der Waals surface area contributed by atoms with E-state index in [-0.39, 0.29) is 0 Å². The maximum absolute atomic E-state index is 8.17. The number of nitrogens with zero attached hydrogens (tertiary/aromatic N) is 2. The average molecular weight is 227 g/mol. The van der Waals surface area contributed by atoms with Crippen LogP contribution < -0.4 is 0 Å². The molecular formula is C14H17N3. The predicted octanol–water partition coefficient (Wildman–Crippen LogP) is 2.90. The van der Waals surface area contributed by atoms with Crippen molar-refractivity contribution in [3.05, 3.63) is 42.1 Å². The summed E-state index contributed by atoms with van der Waals surface area (Å²) in [5, 5.41) is 9.25. The van der Waals surface area contributed by atoms with Gasteiger partial charge in [-0.2, -0.15) is 0 Å². The van der Waals surface area contributed by atoms with E-state index in [9.17, 15) is 0 Å². The van der Waals surface area contributed by atoms with E-state index in [4.69, 9.17) is 5.41 Å². The lowest BCUT2D eigenvalue weighted by atomic mass is 10.1. The van der Waals surface area contributed by atoms with Crippen LogP contribution in [0, 0.1) is 5.41 Å². The van der Waals surface area contributed by atoms with Crippen molar-refractivity contribution in [1.29, 1.82) is 5.41 Å². The van der Waals surface area contributed by atoms with E-state index >= 15 is 0 Å². The fourth-order valence-corrected chi connectivity index (χ4v) is 1.95. The fraction of sp³-hybridized carbons (Fsp3) is 0.286. The molecule has 0 aliphatic rings. The Morgan fingerprint density at radius 1 is 1.24 bits per heavy atom. The summed E-state index contributed by atoms with van der Waals surface area (Å²) in [6.07, 6.45) is 1.79. The van der Waals surface area contributed by atoms with Gasteiger partial charge in [-0.3, -0.25) is 10.4 Å². The van der Waals surface area contributed by atoms with Gasteiger partial charge < -0.3 is 4.90 Å². The van der Waals surface area contributed by atoms with E-state index in [2.05, 4.69) is 18.8 Å². The van der Waals surface area contributed by atoms with Gasteiger partial charge in [0.1, 0.15) is 5.84 Å². The number of pyridine rings is 1. The Morgan fingerprint density at radius 3 is 2.71 bits per heavy atom. The maximum atomic E-state index is 8.17. The Bertz CT molecular complexity index is 530. The van der Waals surface area contributed by atoms with Crippen LogP contribution in [0.4, 0.5) is 0 Å². The summed E-state index contributed by atoms with van der Waals surface area (Å²) in [5.41, 5.74) is 1.93. The van der Waals surface area contributed by atoms with Gasteiger partial charge in [0.25, 0.3) is 0 Å². The molecule has 0 spiro atoms. The zero-order valence-electron chi connectivity index (χ0n) is 10.3. The molecule has 0 bridgehead atoms. The van der Waals surface area contributed by atoms with Crippen molar-refractivity contribution in [2.45, 2.75) is 13.8 Å². The van der Waals surface area contributed by atoms with E-state index in [1.807, 2.05) is 35.2 Å². The van der Waals surface area contributed by atoms with E-state index in [0.29, 0.717) is 5.84 Å². The SMILES string of the molecule is CCN(CC)C(=N)c1ccc2ncccc2c1. The highest BCUT2D eigenvalue weighted by Gasteiger charge is 2.08. The monoisotopic (exact) mass is 227 g/mol. The molecule has 0 amide bonds. The van der Waals surface area contributed by atoms with Crippen molar-refractivity contribution in [2.24, 2.45) is 0 Å². The first-order valence-corrected chi connectivity index (χ1v) is 5.95. The molecule has 0 radical (unpaired) electrons. The Hall–Kier alpha value is -1.90. The van der Waals surface area contributed by atoms with Crippen LogP contribution in [0.1, 0.15) is 19.4 Å². The minimum atomic E-state index is 0.584. The highest BCUT2D eigenvalue weighted by atomic mass is 15.2. The number of hydrogen-bond acceptors (Lipinski definition) is 2. The number of hydrogen-bond donors (Lipinski definition) is 1. The van der Waals surface area contributed by atoms with E-state index < -0.39 is 0 Å². The van der Waals surface area contributed by atoms with Crippen molar-refractivity contribution >= 4 is 16.7 Å². The van der Waals surface area contributed by atoms with Crippen LogP contribution >= 0.6 is 0 Å². The molecule has 1 aromatic heterocycles. The minimum absolute atomic E-state index is 0.584. The molecule has 3 nitrogen and oxygen atoms in total. The first kappa shape index (κ1) is 11.6. The molecule has 17 heavy (non-hydrogen) atoms. The summed E-state index contributed by atoms with van der Waals surface area (Å²) in [7, 11) is 0. The summed E-state index contributed by atoms with van der Waals surface area (Å²) in [5.74, 6) is 0.584. The van der Waals surface area contributed by atoms with Crippen molar-refractivity contribution in [3.8, 4) is 0 Å². The van der Waals surface area contributed by atoms with Crippen LogP contribution in [0.15, 0.2) is 36.5 Å². The first-order chi connectivity index (χ1) is 8.26. The second kappa shape index (κ2) is 4.95. The molecule has 0 aliphatic carbocycles. The van der Waals surface area contributed by atoms with E-state index in [1.165, 1.54) is 0 Å². The van der Waals surface area contributed by atoms with E-state index in [0.717, 1.165) is 29.6 Å². The molecule has 0 fully saturated rings. The van der Waals surface area contributed by atoms with Gasteiger partial charge in [0.05, 0.1) is 5.52 Å². The third-order valence-electron chi connectivity index (χ3n) is 2.96. The quantitative estimate of drug-likeness (QED) is 0.647. The number of nitrogens with one attached hydrogen (secondary N) is 1. The molecule has 88 valence electrons.